The number of hydrogen-bond acceptors (Lipinski definition) is 4. The van der Waals surface area contributed by atoms with Gasteiger partial charge in [0.1, 0.15) is 0 Å². The van der Waals surface area contributed by atoms with Crippen LogP contribution in [0.15, 0.2) is 46.9 Å². The van der Waals surface area contributed by atoms with Gasteiger partial charge < -0.3 is 10.2 Å². The van der Waals surface area contributed by atoms with Crippen LogP contribution >= 0.6 is 0 Å². The molecule has 3 saturated carbocycles. The van der Waals surface area contributed by atoms with Gasteiger partial charge in [-0.25, -0.2) is 8.42 Å². The van der Waals surface area contributed by atoms with Crippen LogP contribution in [0.3, 0.4) is 0 Å². The molecule has 10 atom stereocenters. The van der Waals surface area contributed by atoms with Gasteiger partial charge in [0.05, 0.1) is 21.9 Å². The SMILES string of the molecule is C[C@H](C(CC(O)C(C)(C)C)S(=O)(=O)c1ccccc1)[C@H]1CC[C@H]2[C@@H]3CC=C4C[C@@](C)(O)CC[C@]4(C)[C@H]3CC[C@]12C. The average molecular weight is 571 g/mol. The molecule has 2 N–H and O–H groups in total. The van der Waals surface area contributed by atoms with Crippen molar-refractivity contribution in [3.8, 4) is 0 Å². The van der Waals surface area contributed by atoms with Crippen molar-refractivity contribution in [1.29, 1.82) is 0 Å². The highest BCUT2D eigenvalue weighted by Gasteiger charge is 2.60. The number of aliphatic hydroxyl groups is 2. The number of sulfone groups is 1. The fourth-order valence-corrected chi connectivity index (χ4v) is 12.0. The van der Waals surface area contributed by atoms with E-state index in [1.807, 2.05) is 33.8 Å². The van der Waals surface area contributed by atoms with E-state index in [2.05, 4.69) is 26.8 Å². The zero-order valence-electron chi connectivity index (χ0n) is 26.0. The van der Waals surface area contributed by atoms with Crippen molar-refractivity contribution in [3.05, 3.63) is 42.0 Å². The molecular weight excluding hydrogens is 516 g/mol. The zero-order chi connectivity index (χ0) is 29.3. The van der Waals surface area contributed by atoms with Crippen LogP contribution in [-0.4, -0.2) is 35.6 Å². The second kappa shape index (κ2) is 10.2. The van der Waals surface area contributed by atoms with Gasteiger partial charge in [-0.1, -0.05) is 71.4 Å². The van der Waals surface area contributed by atoms with E-state index in [0.717, 1.165) is 38.5 Å². The first-order valence-electron chi connectivity index (χ1n) is 15.9. The minimum absolute atomic E-state index is 0.0381. The van der Waals surface area contributed by atoms with Gasteiger partial charge in [-0.15, -0.1) is 0 Å². The van der Waals surface area contributed by atoms with Crippen molar-refractivity contribution in [2.75, 3.05) is 0 Å². The molecule has 0 aliphatic heterocycles. The van der Waals surface area contributed by atoms with Crippen LogP contribution in [0.25, 0.3) is 0 Å². The number of rotatable bonds is 6. The number of hydrogen-bond donors (Lipinski definition) is 2. The Kier molecular flexibility index (Phi) is 7.75. The predicted octanol–water partition coefficient (Wildman–Crippen LogP) is 7.59. The van der Waals surface area contributed by atoms with Crippen LogP contribution in [0.2, 0.25) is 0 Å². The van der Waals surface area contributed by atoms with Gasteiger partial charge in [0.25, 0.3) is 0 Å². The molecule has 0 radical (unpaired) electrons. The maximum Gasteiger partial charge on any atom is 0.181 e. The molecule has 40 heavy (non-hydrogen) atoms. The lowest BCUT2D eigenvalue weighted by Crippen LogP contribution is -2.52. The normalized spacial score (nSPS) is 40.3. The summed E-state index contributed by atoms with van der Waals surface area (Å²) in [6.07, 6.45) is 10.5. The average Bonchev–Trinajstić information content (AvgIpc) is 3.24. The molecule has 224 valence electrons. The summed E-state index contributed by atoms with van der Waals surface area (Å²) in [5, 5.41) is 21.4. The fourth-order valence-electron chi connectivity index (χ4n) is 9.95. The Morgan fingerprint density at radius 3 is 2.30 bits per heavy atom. The third-order valence-electron chi connectivity index (χ3n) is 12.6. The first kappa shape index (κ1) is 30.3. The van der Waals surface area contributed by atoms with Crippen molar-refractivity contribution in [3.63, 3.8) is 0 Å². The first-order valence-corrected chi connectivity index (χ1v) is 17.4. The predicted molar refractivity (Wildman–Crippen MR) is 162 cm³/mol. The third kappa shape index (κ3) is 5.04. The molecule has 4 nitrogen and oxygen atoms in total. The van der Waals surface area contributed by atoms with E-state index in [4.69, 9.17) is 0 Å². The molecule has 5 rings (SSSR count). The molecule has 4 aliphatic carbocycles. The second-order valence-electron chi connectivity index (χ2n) is 16.0. The maximum absolute atomic E-state index is 14.2. The fraction of sp³-hybridized carbons (Fsp3) is 0.771. The third-order valence-corrected chi connectivity index (χ3v) is 14.9. The van der Waals surface area contributed by atoms with Gasteiger partial charge in [-0.05, 0) is 123 Å². The second-order valence-corrected chi connectivity index (χ2v) is 18.2. The van der Waals surface area contributed by atoms with E-state index >= 15 is 0 Å². The summed E-state index contributed by atoms with van der Waals surface area (Å²) in [6, 6.07) is 8.91. The topological polar surface area (TPSA) is 74.6 Å². The highest BCUT2D eigenvalue weighted by atomic mass is 32.2. The molecule has 0 spiro atoms. The molecule has 4 aliphatic rings. The lowest BCUT2D eigenvalue weighted by atomic mass is 9.46. The van der Waals surface area contributed by atoms with E-state index in [1.54, 1.807) is 24.3 Å². The summed E-state index contributed by atoms with van der Waals surface area (Å²) < 4.78 is 28.4. The Morgan fingerprint density at radius 2 is 1.65 bits per heavy atom. The Balaban J connectivity index is 1.45. The molecule has 0 amide bonds. The molecular formula is C35H54O4S. The van der Waals surface area contributed by atoms with Crippen LogP contribution in [0, 0.1) is 45.8 Å². The number of aliphatic hydroxyl groups excluding tert-OH is 1. The number of allylic oxidation sites excluding steroid dienone is 1. The molecule has 0 aromatic heterocycles. The van der Waals surface area contributed by atoms with Crippen LogP contribution in [0.5, 0.6) is 0 Å². The first-order chi connectivity index (χ1) is 18.5. The van der Waals surface area contributed by atoms with Crippen LogP contribution < -0.4 is 0 Å². The summed E-state index contributed by atoms with van der Waals surface area (Å²) in [5.41, 5.74) is 0.829. The van der Waals surface area contributed by atoms with E-state index in [9.17, 15) is 18.6 Å². The molecule has 0 saturated heterocycles. The maximum atomic E-state index is 14.2. The van der Waals surface area contributed by atoms with Crippen molar-refractivity contribution >= 4 is 9.84 Å². The molecule has 1 aromatic rings. The van der Waals surface area contributed by atoms with E-state index < -0.39 is 26.8 Å². The van der Waals surface area contributed by atoms with Gasteiger partial charge in [0.15, 0.2) is 9.84 Å². The van der Waals surface area contributed by atoms with Crippen molar-refractivity contribution in [2.45, 2.75) is 128 Å². The van der Waals surface area contributed by atoms with Crippen molar-refractivity contribution < 1.29 is 18.6 Å². The summed E-state index contributed by atoms with van der Waals surface area (Å²) >= 11 is 0. The standard InChI is InChI=1S/C35H54O4S/c1-23(30(21-31(36)32(2,3)4)40(38,39)25-11-9-8-10-12-25)27-15-16-28-26-14-13-24-22-33(5,37)19-20-34(24,6)29(26)17-18-35(27,28)7/h8-13,23,26-31,36-37H,14-22H2,1-7H3/t23-,26-,27+,28-,29-,30?,31?,33-,34-,35+/m0/s1. The van der Waals surface area contributed by atoms with E-state index in [0.29, 0.717) is 28.6 Å². The van der Waals surface area contributed by atoms with E-state index in [1.165, 1.54) is 18.4 Å². The molecule has 2 unspecified atom stereocenters. The van der Waals surface area contributed by atoms with Crippen LogP contribution in [0.4, 0.5) is 0 Å². The summed E-state index contributed by atoms with van der Waals surface area (Å²) in [7, 11) is -3.61. The number of benzene rings is 1. The monoisotopic (exact) mass is 570 g/mol. The smallest absolute Gasteiger partial charge is 0.181 e. The zero-order valence-corrected chi connectivity index (χ0v) is 26.8. The minimum Gasteiger partial charge on any atom is -0.393 e. The van der Waals surface area contributed by atoms with Gasteiger partial charge in [0.2, 0.25) is 0 Å². The Bertz CT molecular complexity index is 1210. The molecule has 1 aromatic carbocycles. The van der Waals surface area contributed by atoms with E-state index in [-0.39, 0.29) is 28.6 Å². The van der Waals surface area contributed by atoms with Gasteiger partial charge in [0, 0.05) is 0 Å². The Hall–Kier alpha value is -1.17. The minimum atomic E-state index is -3.61. The molecule has 3 fully saturated rings. The van der Waals surface area contributed by atoms with Crippen molar-refractivity contribution in [1.82, 2.24) is 0 Å². The lowest BCUT2D eigenvalue weighted by Gasteiger charge is -2.59. The molecule has 0 bridgehead atoms. The quantitative estimate of drug-likeness (QED) is 0.346. The summed E-state index contributed by atoms with van der Waals surface area (Å²) in [4.78, 5) is 0.377. The molecule has 0 heterocycles. The highest BCUT2D eigenvalue weighted by Crippen LogP contribution is 2.68. The Labute approximate surface area is 244 Å². The summed E-state index contributed by atoms with van der Waals surface area (Å²) in [6.45, 7) is 15.1. The number of fused-ring (bicyclic) bond motifs is 5. The van der Waals surface area contributed by atoms with Crippen molar-refractivity contribution in [2.24, 2.45) is 45.8 Å². The molecule has 5 heteroatoms. The van der Waals surface area contributed by atoms with Gasteiger partial charge in [-0.2, -0.15) is 0 Å². The van der Waals surface area contributed by atoms with Crippen LogP contribution in [0.1, 0.15) is 106 Å². The lowest BCUT2D eigenvalue weighted by molar-refractivity contribution is -0.0710. The Morgan fingerprint density at radius 1 is 0.975 bits per heavy atom. The summed E-state index contributed by atoms with van der Waals surface area (Å²) in [5.74, 6) is 2.17. The highest BCUT2D eigenvalue weighted by molar-refractivity contribution is 7.92. The largest absolute Gasteiger partial charge is 0.393 e. The van der Waals surface area contributed by atoms with Crippen LogP contribution in [-0.2, 0) is 9.84 Å². The van der Waals surface area contributed by atoms with Gasteiger partial charge in [-0.3, -0.25) is 0 Å². The van der Waals surface area contributed by atoms with Gasteiger partial charge >= 0.3 is 0 Å².